The Kier molecular flexibility index (Phi) is 7.76. The highest BCUT2D eigenvalue weighted by atomic mass is 19.4. The Morgan fingerprint density at radius 2 is 1.84 bits per heavy atom. The fourth-order valence-corrected chi connectivity index (χ4v) is 6.59. The summed E-state index contributed by atoms with van der Waals surface area (Å²) >= 11 is 0. The van der Waals surface area contributed by atoms with Gasteiger partial charge in [0.1, 0.15) is 22.8 Å². The van der Waals surface area contributed by atoms with Gasteiger partial charge in [0.15, 0.2) is 17.2 Å². The number of Topliss-reactive ketones (excluding diaryl/α,β-unsaturated/α-hetero) is 2. The normalized spacial score (nSPS) is 25.2. The van der Waals surface area contributed by atoms with Gasteiger partial charge < -0.3 is 31.5 Å². The molecule has 15 heteroatoms. The SMILES string of the molecule is CN(C)[C@@H]1C(=O)C(C(N)=O)=C(O)[C@@]2(O)C(=O)C3=C(O)c4c(O)c(CNCCC(F)(F)F)cc(-c5ncccn5)c4CC3CC12. The first-order chi connectivity index (χ1) is 20.6. The summed E-state index contributed by atoms with van der Waals surface area (Å²) in [5, 5.41) is 48.2. The van der Waals surface area contributed by atoms with Crippen molar-refractivity contribution in [3.63, 3.8) is 0 Å². The lowest BCUT2D eigenvalue weighted by Crippen LogP contribution is -2.65. The lowest BCUT2D eigenvalue weighted by atomic mass is 9.57. The number of fused-ring (bicyclic) bond motifs is 3. The van der Waals surface area contributed by atoms with Crippen LogP contribution in [0.4, 0.5) is 13.2 Å². The third kappa shape index (κ3) is 4.90. The van der Waals surface area contributed by atoms with E-state index in [4.69, 9.17) is 5.73 Å². The molecule has 0 radical (unpaired) electrons. The van der Waals surface area contributed by atoms with Crippen LogP contribution < -0.4 is 11.1 Å². The number of phenols is 1. The number of aliphatic hydroxyl groups excluding tert-OH is 2. The molecule has 1 amide bonds. The highest BCUT2D eigenvalue weighted by molar-refractivity contribution is 6.24. The number of hydrogen-bond acceptors (Lipinski definition) is 11. The monoisotopic (exact) mass is 617 g/mol. The average Bonchev–Trinajstić information content (AvgIpc) is 2.93. The highest BCUT2D eigenvalue weighted by Crippen LogP contribution is 2.54. The Morgan fingerprint density at radius 3 is 2.43 bits per heavy atom. The minimum Gasteiger partial charge on any atom is -0.508 e. The van der Waals surface area contributed by atoms with Crippen LogP contribution in [0.25, 0.3) is 17.1 Å². The van der Waals surface area contributed by atoms with Crippen molar-refractivity contribution < 1.29 is 48.0 Å². The van der Waals surface area contributed by atoms with E-state index >= 15 is 0 Å². The van der Waals surface area contributed by atoms with Crippen molar-refractivity contribution >= 4 is 23.2 Å². The zero-order valence-electron chi connectivity index (χ0n) is 23.6. The van der Waals surface area contributed by atoms with Crippen LogP contribution in [0.2, 0.25) is 0 Å². The molecule has 7 N–H and O–H groups in total. The number of phenolic OH excluding ortho intramolecular Hbond substituents is 1. The van der Waals surface area contributed by atoms with Crippen molar-refractivity contribution in [3.05, 3.63) is 58.1 Å². The number of likely N-dealkylation sites (N-methyl/N-ethyl adjacent to an activating group) is 1. The number of hydrogen-bond donors (Lipinski definition) is 6. The van der Waals surface area contributed by atoms with Crippen LogP contribution in [0.3, 0.4) is 0 Å². The zero-order chi connectivity index (χ0) is 32.3. The van der Waals surface area contributed by atoms with Gasteiger partial charge in [-0.25, -0.2) is 9.97 Å². The summed E-state index contributed by atoms with van der Waals surface area (Å²) in [5.41, 5.74) is 1.81. The van der Waals surface area contributed by atoms with Gasteiger partial charge in [0.05, 0.1) is 18.0 Å². The summed E-state index contributed by atoms with van der Waals surface area (Å²) in [6, 6.07) is 1.82. The van der Waals surface area contributed by atoms with Crippen LogP contribution in [0.15, 0.2) is 41.4 Å². The number of benzene rings is 1. The molecule has 1 heterocycles. The number of carbonyl (C=O) groups excluding carboxylic acids is 3. The van der Waals surface area contributed by atoms with Crippen molar-refractivity contribution in [2.75, 3.05) is 20.6 Å². The fourth-order valence-electron chi connectivity index (χ4n) is 6.59. The van der Waals surface area contributed by atoms with Gasteiger partial charge in [0, 0.05) is 48.1 Å². The van der Waals surface area contributed by atoms with Gasteiger partial charge >= 0.3 is 6.18 Å². The fraction of sp³-hybridized carbons (Fsp3) is 0.414. The van der Waals surface area contributed by atoms with Gasteiger partial charge in [-0.15, -0.1) is 0 Å². The van der Waals surface area contributed by atoms with Crippen molar-refractivity contribution in [2.24, 2.45) is 17.6 Å². The number of primary amides is 1. The number of nitrogens with one attached hydrogen (secondary N) is 1. The van der Waals surface area contributed by atoms with Crippen molar-refractivity contribution in [1.82, 2.24) is 20.2 Å². The van der Waals surface area contributed by atoms with E-state index in [1.807, 2.05) is 0 Å². The molecule has 1 saturated carbocycles. The van der Waals surface area contributed by atoms with E-state index < -0.39 is 82.9 Å². The maximum Gasteiger partial charge on any atom is 0.390 e. The number of aliphatic hydroxyl groups is 3. The summed E-state index contributed by atoms with van der Waals surface area (Å²) in [7, 11) is 3.00. The second-order valence-electron chi connectivity index (χ2n) is 11.4. The lowest BCUT2D eigenvalue weighted by Gasteiger charge is -2.50. The first-order valence-electron chi connectivity index (χ1n) is 13.7. The highest BCUT2D eigenvalue weighted by Gasteiger charge is 2.64. The van der Waals surface area contributed by atoms with Crippen LogP contribution in [0, 0.1) is 11.8 Å². The summed E-state index contributed by atoms with van der Waals surface area (Å²) in [4.78, 5) is 49.4. The molecule has 3 aliphatic rings. The molecule has 234 valence electrons. The number of nitrogens with zero attached hydrogens (tertiary/aromatic N) is 3. The standard InChI is InChI=1S/C29H30F3N5O7/c1-37(2)20-16-10-12-8-14-15(27-35-5-3-6-36-27)9-13(11-34-7-4-28(30,31)32)21(38)18(14)22(39)17(12)24(41)29(16,44)25(42)19(23(20)40)26(33)43/h3,5-6,9,12,16,20,34,38-39,42,44H,4,7-8,10-11H2,1-2H3,(H2,33,43)/t12?,16?,20-,29-/m0/s1. The van der Waals surface area contributed by atoms with Gasteiger partial charge in [-0.2, -0.15) is 13.2 Å². The molecule has 0 aliphatic heterocycles. The minimum atomic E-state index is -4.41. The van der Waals surface area contributed by atoms with Crippen LogP contribution in [0.5, 0.6) is 5.75 Å². The number of aromatic nitrogens is 2. The summed E-state index contributed by atoms with van der Waals surface area (Å²) in [6.45, 7) is -0.710. The molecular formula is C29H30F3N5O7. The molecule has 0 saturated heterocycles. The first-order valence-corrected chi connectivity index (χ1v) is 13.7. The second kappa shape index (κ2) is 11.0. The summed E-state index contributed by atoms with van der Waals surface area (Å²) in [6.07, 6.45) is -2.73. The third-order valence-corrected chi connectivity index (χ3v) is 8.51. The minimum absolute atomic E-state index is 0.00251. The maximum absolute atomic E-state index is 14.1. The molecule has 0 bridgehead atoms. The van der Waals surface area contributed by atoms with Crippen LogP contribution in [-0.2, 0) is 27.3 Å². The van der Waals surface area contributed by atoms with Gasteiger partial charge in [0.25, 0.3) is 5.91 Å². The van der Waals surface area contributed by atoms with E-state index in [2.05, 4.69) is 15.3 Å². The molecule has 5 rings (SSSR count). The second-order valence-corrected chi connectivity index (χ2v) is 11.4. The number of aromatic hydroxyl groups is 1. The Labute approximate surface area is 248 Å². The molecule has 1 fully saturated rings. The van der Waals surface area contributed by atoms with Crippen molar-refractivity contribution in [1.29, 1.82) is 0 Å². The third-order valence-electron chi connectivity index (χ3n) is 8.51. The van der Waals surface area contributed by atoms with E-state index in [9.17, 15) is 48.0 Å². The largest absolute Gasteiger partial charge is 0.508 e. The molecule has 0 spiro atoms. The number of nitrogens with two attached hydrogens (primary N) is 1. The van der Waals surface area contributed by atoms with Crippen molar-refractivity contribution in [3.8, 4) is 17.1 Å². The summed E-state index contributed by atoms with van der Waals surface area (Å²) < 4.78 is 38.1. The van der Waals surface area contributed by atoms with E-state index in [1.165, 1.54) is 37.5 Å². The Morgan fingerprint density at radius 1 is 1.18 bits per heavy atom. The van der Waals surface area contributed by atoms with Gasteiger partial charge in [0.2, 0.25) is 5.78 Å². The topological polar surface area (TPSA) is 199 Å². The van der Waals surface area contributed by atoms with Gasteiger partial charge in [-0.05, 0) is 50.6 Å². The first kappa shape index (κ1) is 31.1. The number of rotatable bonds is 7. The molecule has 1 aromatic heterocycles. The lowest BCUT2D eigenvalue weighted by molar-refractivity contribution is -0.153. The summed E-state index contributed by atoms with van der Waals surface area (Å²) in [5.74, 6) is -7.74. The number of alkyl halides is 3. The Balaban J connectivity index is 1.68. The van der Waals surface area contributed by atoms with Crippen LogP contribution >= 0.6 is 0 Å². The molecule has 1 aromatic carbocycles. The smallest absolute Gasteiger partial charge is 0.390 e. The molecule has 2 unspecified atom stereocenters. The van der Waals surface area contributed by atoms with Gasteiger partial charge in [-0.3, -0.25) is 19.3 Å². The molecule has 2 aromatic rings. The zero-order valence-corrected chi connectivity index (χ0v) is 23.6. The average molecular weight is 618 g/mol. The van der Waals surface area contributed by atoms with E-state index in [-0.39, 0.29) is 41.9 Å². The Bertz CT molecular complexity index is 1620. The predicted molar refractivity (Wildman–Crippen MR) is 148 cm³/mol. The molecular weight excluding hydrogens is 587 g/mol. The van der Waals surface area contributed by atoms with Crippen molar-refractivity contribution in [2.45, 2.75) is 43.6 Å². The molecule has 12 nitrogen and oxygen atoms in total. The molecule has 3 aliphatic carbocycles. The quantitative estimate of drug-likeness (QED) is 0.194. The number of amides is 1. The molecule has 4 atom stereocenters. The van der Waals surface area contributed by atoms with E-state index in [0.717, 1.165) is 0 Å². The van der Waals surface area contributed by atoms with Crippen LogP contribution in [-0.4, -0.2) is 91.2 Å². The predicted octanol–water partition coefficient (Wildman–Crippen LogP) is 1.46. The van der Waals surface area contributed by atoms with E-state index in [1.54, 1.807) is 6.07 Å². The van der Waals surface area contributed by atoms with E-state index in [0.29, 0.717) is 11.1 Å². The van der Waals surface area contributed by atoms with Crippen LogP contribution in [0.1, 0.15) is 29.5 Å². The Hall–Kier alpha value is -4.34. The number of halogens is 3. The number of ketones is 2. The van der Waals surface area contributed by atoms with Gasteiger partial charge in [-0.1, -0.05) is 0 Å². The maximum atomic E-state index is 14.1. The molecule has 44 heavy (non-hydrogen) atoms. The number of carbonyl (C=O) groups is 3.